The zero-order valence-corrected chi connectivity index (χ0v) is 10.8. The molecule has 1 atom stereocenters. The highest BCUT2D eigenvalue weighted by molar-refractivity contribution is 5.74. The minimum Gasteiger partial charge on any atom is -0.473 e. The summed E-state index contributed by atoms with van der Waals surface area (Å²) >= 11 is 0. The molecule has 0 aromatic heterocycles. The first-order valence-corrected chi connectivity index (χ1v) is 6.03. The van der Waals surface area contributed by atoms with E-state index >= 15 is 0 Å². The molecule has 3 heteroatoms. The highest BCUT2D eigenvalue weighted by Gasteiger charge is 2.43. The van der Waals surface area contributed by atoms with E-state index in [4.69, 9.17) is 4.74 Å². The lowest BCUT2D eigenvalue weighted by Gasteiger charge is -2.44. The molecule has 0 amide bonds. The SMILES string of the molecule is C=C(OC(C)(C)C)N1N=CC1(C)CC1CC1. The molecular weight excluding hydrogens is 200 g/mol. The molecular formula is C13H22N2O. The second-order valence-electron chi connectivity index (χ2n) is 6.17. The minimum absolute atomic E-state index is 0.0312. The standard InChI is InChI=1S/C13H22N2O/c1-10(16-12(2,3)4)15-13(5,9-14-15)8-11-6-7-11/h9,11H,1,6-8H2,2-5H3. The van der Waals surface area contributed by atoms with Crippen LogP contribution in [0.4, 0.5) is 0 Å². The van der Waals surface area contributed by atoms with Crippen molar-refractivity contribution in [2.75, 3.05) is 0 Å². The molecule has 0 spiro atoms. The Morgan fingerprint density at radius 1 is 1.56 bits per heavy atom. The molecule has 1 fully saturated rings. The van der Waals surface area contributed by atoms with Crippen LogP contribution in [0.2, 0.25) is 0 Å². The fourth-order valence-corrected chi connectivity index (χ4v) is 2.10. The molecule has 0 N–H and O–H groups in total. The van der Waals surface area contributed by atoms with Gasteiger partial charge in [0.25, 0.3) is 0 Å². The first-order chi connectivity index (χ1) is 7.30. The molecule has 0 radical (unpaired) electrons. The molecule has 0 saturated heterocycles. The normalized spacial score (nSPS) is 28.9. The first kappa shape index (κ1) is 11.5. The van der Waals surface area contributed by atoms with Gasteiger partial charge in [0.15, 0.2) is 0 Å². The van der Waals surface area contributed by atoms with E-state index in [2.05, 4.69) is 18.6 Å². The summed E-state index contributed by atoms with van der Waals surface area (Å²) in [6.45, 7) is 12.3. The molecule has 16 heavy (non-hydrogen) atoms. The van der Waals surface area contributed by atoms with Crippen LogP contribution >= 0.6 is 0 Å². The quantitative estimate of drug-likeness (QED) is 0.683. The number of hydrazone groups is 1. The molecule has 90 valence electrons. The molecule has 0 aromatic rings. The average Bonchev–Trinajstić information content (AvgIpc) is 2.82. The van der Waals surface area contributed by atoms with Gasteiger partial charge in [-0.3, -0.25) is 0 Å². The average molecular weight is 222 g/mol. The van der Waals surface area contributed by atoms with Crippen molar-refractivity contribution in [1.29, 1.82) is 0 Å². The minimum atomic E-state index is -0.206. The van der Waals surface area contributed by atoms with Crippen LogP contribution in [0.25, 0.3) is 0 Å². The summed E-state index contributed by atoms with van der Waals surface area (Å²) in [5.41, 5.74) is -0.174. The summed E-state index contributed by atoms with van der Waals surface area (Å²) in [6, 6.07) is 0. The summed E-state index contributed by atoms with van der Waals surface area (Å²) in [5, 5.41) is 6.20. The summed E-state index contributed by atoms with van der Waals surface area (Å²) < 4.78 is 5.76. The van der Waals surface area contributed by atoms with Crippen LogP contribution in [-0.4, -0.2) is 22.4 Å². The highest BCUT2D eigenvalue weighted by atomic mass is 16.5. The zero-order chi connectivity index (χ0) is 12.0. The molecule has 0 aromatic carbocycles. The lowest BCUT2D eigenvalue weighted by Crippen LogP contribution is -2.52. The second kappa shape index (κ2) is 3.51. The van der Waals surface area contributed by atoms with Gasteiger partial charge in [-0.15, -0.1) is 0 Å². The van der Waals surface area contributed by atoms with Crippen LogP contribution in [0, 0.1) is 5.92 Å². The van der Waals surface area contributed by atoms with E-state index in [0.29, 0.717) is 5.88 Å². The van der Waals surface area contributed by atoms with Crippen molar-refractivity contribution in [3.05, 3.63) is 12.5 Å². The number of hydrogen-bond donors (Lipinski definition) is 0. The number of rotatable bonds is 4. The molecule has 1 aliphatic carbocycles. The van der Waals surface area contributed by atoms with Crippen molar-refractivity contribution < 1.29 is 4.74 Å². The monoisotopic (exact) mass is 222 g/mol. The van der Waals surface area contributed by atoms with Crippen molar-refractivity contribution in [1.82, 2.24) is 5.01 Å². The molecule has 1 unspecified atom stereocenters. The summed E-state index contributed by atoms with van der Waals surface area (Å²) in [4.78, 5) is 0. The van der Waals surface area contributed by atoms with E-state index in [1.54, 1.807) is 0 Å². The van der Waals surface area contributed by atoms with E-state index in [9.17, 15) is 0 Å². The first-order valence-electron chi connectivity index (χ1n) is 6.03. The van der Waals surface area contributed by atoms with Gasteiger partial charge in [0.2, 0.25) is 5.88 Å². The van der Waals surface area contributed by atoms with E-state index in [1.165, 1.54) is 19.3 Å². The molecule has 1 saturated carbocycles. The van der Waals surface area contributed by atoms with Crippen LogP contribution in [-0.2, 0) is 4.74 Å². The topological polar surface area (TPSA) is 24.8 Å². The highest BCUT2D eigenvalue weighted by Crippen LogP contribution is 2.42. The largest absolute Gasteiger partial charge is 0.473 e. The van der Waals surface area contributed by atoms with Gasteiger partial charge in [-0.25, -0.2) is 5.01 Å². The van der Waals surface area contributed by atoms with Gasteiger partial charge in [-0.2, -0.15) is 5.10 Å². The third-order valence-electron chi connectivity index (χ3n) is 2.99. The van der Waals surface area contributed by atoms with Gasteiger partial charge in [0.1, 0.15) is 11.1 Å². The molecule has 2 aliphatic rings. The van der Waals surface area contributed by atoms with Crippen molar-refractivity contribution in [3.8, 4) is 0 Å². The Balaban J connectivity index is 1.95. The van der Waals surface area contributed by atoms with Crippen molar-refractivity contribution in [2.24, 2.45) is 11.0 Å². The maximum Gasteiger partial charge on any atom is 0.203 e. The lowest BCUT2D eigenvalue weighted by atomic mass is 9.93. The Bertz CT molecular complexity index is 325. The summed E-state index contributed by atoms with van der Waals surface area (Å²) in [7, 11) is 0. The van der Waals surface area contributed by atoms with Crippen LogP contribution in [0.1, 0.15) is 47.0 Å². The predicted octanol–water partition coefficient (Wildman–Crippen LogP) is 3.13. The number of ether oxygens (including phenoxy) is 1. The van der Waals surface area contributed by atoms with Gasteiger partial charge < -0.3 is 4.74 Å². The van der Waals surface area contributed by atoms with Gasteiger partial charge in [-0.1, -0.05) is 12.8 Å². The van der Waals surface area contributed by atoms with Crippen LogP contribution in [0.15, 0.2) is 17.6 Å². The lowest BCUT2D eigenvalue weighted by molar-refractivity contribution is -0.0265. The van der Waals surface area contributed by atoms with Crippen LogP contribution in [0.5, 0.6) is 0 Å². The van der Waals surface area contributed by atoms with Crippen molar-refractivity contribution >= 4 is 6.21 Å². The number of hydrogen-bond acceptors (Lipinski definition) is 3. The predicted molar refractivity (Wildman–Crippen MR) is 66.1 cm³/mol. The third kappa shape index (κ3) is 2.39. The summed E-state index contributed by atoms with van der Waals surface area (Å²) in [6.07, 6.45) is 5.92. The van der Waals surface area contributed by atoms with Crippen LogP contribution in [0.3, 0.4) is 0 Å². The Morgan fingerprint density at radius 2 is 2.19 bits per heavy atom. The van der Waals surface area contributed by atoms with E-state index in [1.807, 2.05) is 32.0 Å². The van der Waals surface area contributed by atoms with Gasteiger partial charge in [0, 0.05) is 0 Å². The van der Waals surface area contributed by atoms with Gasteiger partial charge in [0.05, 0.1) is 6.21 Å². The molecule has 2 rings (SSSR count). The molecule has 1 heterocycles. The van der Waals surface area contributed by atoms with E-state index in [-0.39, 0.29) is 11.1 Å². The fraction of sp³-hybridized carbons (Fsp3) is 0.769. The summed E-state index contributed by atoms with van der Waals surface area (Å²) in [5.74, 6) is 1.54. The zero-order valence-electron chi connectivity index (χ0n) is 10.8. The second-order valence-corrected chi connectivity index (χ2v) is 6.17. The maximum absolute atomic E-state index is 5.76. The fourth-order valence-electron chi connectivity index (χ4n) is 2.10. The van der Waals surface area contributed by atoms with Crippen molar-refractivity contribution in [2.45, 2.75) is 58.1 Å². The van der Waals surface area contributed by atoms with Crippen molar-refractivity contribution in [3.63, 3.8) is 0 Å². The Hall–Kier alpha value is -0.990. The van der Waals surface area contributed by atoms with Crippen LogP contribution < -0.4 is 0 Å². The number of nitrogens with zero attached hydrogens (tertiary/aromatic N) is 2. The molecule has 0 bridgehead atoms. The third-order valence-corrected chi connectivity index (χ3v) is 2.99. The Kier molecular flexibility index (Phi) is 2.52. The Morgan fingerprint density at radius 3 is 2.56 bits per heavy atom. The van der Waals surface area contributed by atoms with E-state index < -0.39 is 0 Å². The Labute approximate surface area is 98.2 Å². The molecule has 1 aliphatic heterocycles. The van der Waals surface area contributed by atoms with Gasteiger partial charge in [-0.05, 0) is 46.6 Å². The smallest absolute Gasteiger partial charge is 0.203 e. The van der Waals surface area contributed by atoms with E-state index in [0.717, 1.165) is 5.92 Å². The molecule has 3 nitrogen and oxygen atoms in total. The maximum atomic E-state index is 5.76. The van der Waals surface area contributed by atoms with Gasteiger partial charge >= 0.3 is 0 Å².